The molecule has 6 heteroatoms. The lowest BCUT2D eigenvalue weighted by Gasteiger charge is -1.62. The summed E-state index contributed by atoms with van der Waals surface area (Å²) in [4.78, 5) is 29.3. The summed E-state index contributed by atoms with van der Waals surface area (Å²) >= 11 is 0. The van der Waals surface area contributed by atoms with E-state index in [0.717, 1.165) is 6.08 Å². The summed E-state index contributed by atoms with van der Waals surface area (Å²) < 4.78 is 0. The molecule has 0 atom stereocenters. The molecule has 6 nitrogen and oxygen atoms in total. The predicted molar refractivity (Wildman–Crippen MR) is 28.0 cm³/mol. The second kappa shape index (κ2) is 9.58. The fourth-order valence-corrected chi connectivity index (χ4v) is 0.0215. The van der Waals surface area contributed by atoms with Crippen LogP contribution in [0.3, 0.4) is 0 Å². The van der Waals surface area contributed by atoms with E-state index in [0.29, 0.717) is 0 Å². The van der Waals surface area contributed by atoms with Gasteiger partial charge in [-0.25, -0.2) is 9.59 Å². The minimum absolute atomic E-state index is 0.132. The summed E-state index contributed by atoms with van der Waals surface area (Å²) in [5, 5.41) is 0. The fourth-order valence-electron chi connectivity index (χ4n) is 0.0215. The van der Waals surface area contributed by atoms with Gasteiger partial charge in [-0.3, -0.25) is 4.79 Å². The van der Waals surface area contributed by atoms with Gasteiger partial charge in [-0.1, -0.05) is 0 Å². The van der Waals surface area contributed by atoms with E-state index in [4.69, 9.17) is 14.4 Å². The molecule has 9 heavy (non-hydrogen) atoms. The Morgan fingerprint density at radius 1 is 1.56 bits per heavy atom. The van der Waals surface area contributed by atoms with Crippen LogP contribution in [0.4, 0.5) is 4.79 Å². The summed E-state index contributed by atoms with van der Waals surface area (Å²) in [6.45, 7) is 0. The van der Waals surface area contributed by atoms with Crippen LogP contribution in [0.15, 0.2) is 4.99 Å². The monoisotopic (exact) mass is 131 g/mol. The maximum Gasteiger partial charge on any atom is 0.309 e. The molecule has 0 heterocycles. The third-order valence-electron chi connectivity index (χ3n) is 0.105. The highest BCUT2D eigenvalue weighted by atomic mass is 16.2. The highest BCUT2D eigenvalue weighted by Crippen LogP contribution is 1.35. The van der Waals surface area contributed by atoms with Gasteiger partial charge in [0.15, 0.2) is 0 Å². The zero-order chi connectivity index (χ0) is 7.70. The van der Waals surface area contributed by atoms with Crippen molar-refractivity contribution in [3.63, 3.8) is 0 Å². The molecule has 4 N–H and O–H groups in total. The van der Waals surface area contributed by atoms with Crippen LogP contribution in [0.2, 0.25) is 0 Å². The molecule has 0 aliphatic carbocycles. The molecule has 0 rings (SSSR count). The van der Waals surface area contributed by atoms with E-state index in [1.807, 2.05) is 0 Å². The normalized spacial score (nSPS) is 5.33. The van der Waals surface area contributed by atoms with Crippen LogP contribution in [0, 0.1) is 0 Å². The lowest BCUT2D eigenvalue weighted by molar-refractivity contribution is -0.106. The van der Waals surface area contributed by atoms with Crippen molar-refractivity contribution >= 4 is 18.5 Å². The van der Waals surface area contributed by atoms with Crippen molar-refractivity contribution in [1.82, 2.24) is 0 Å². The minimum Gasteiger partial charge on any atom is -0.352 e. The van der Waals surface area contributed by atoms with Gasteiger partial charge in [0.2, 0.25) is 12.5 Å². The highest BCUT2D eigenvalue weighted by Gasteiger charge is 1.60. The van der Waals surface area contributed by atoms with Gasteiger partial charge >= 0.3 is 6.03 Å². The van der Waals surface area contributed by atoms with E-state index in [1.54, 1.807) is 0 Å². The Morgan fingerprint density at radius 2 is 1.89 bits per heavy atom. The molecule has 3 amide bonds. The molecule has 0 bridgehead atoms. The van der Waals surface area contributed by atoms with Gasteiger partial charge < -0.3 is 11.5 Å². The van der Waals surface area contributed by atoms with Crippen LogP contribution in [-0.4, -0.2) is 18.5 Å². The van der Waals surface area contributed by atoms with Crippen LogP contribution >= 0.6 is 0 Å². The number of nitrogens with zero attached hydrogens (tertiary/aromatic N) is 1. The number of primary amides is 2. The Bertz CT molecular complexity index is 133. The average molecular weight is 131 g/mol. The van der Waals surface area contributed by atoms with Crippen molar-refractivity contribution < 1.29 is 14.4 Å². The number of aliphatic imine (C=N–C) groups is 1. The molecule has 50 valence electrons. The topological polar surface area (TPSA) is 116 Å². The van der Waals surface area contributed by atoms with E-state index in [2.05, 4.69) is 16.5 Å². The van der Waals surface area contributed by atoms with Crippen LogP contribution < -0.4 is 11.5 Å². The maximum atomic E-state index is 9.00. The van der Waals surface area contributed by atoms with Crippen LogP contribution in [-0.2, 0) is 9.59 Å². The van der Waals surface area contributed by atoms with Crippen molar-refractivity contribution in [3.05, 3.63) is 0 Å². The lowest BCUT2D eigenvalue weighted by atomic mass is 11.2. The van der Waals surface area contributed by atoms with Crippen molar-refractivity contribution in [3.8, 4) is 0 Å². The van der Waals surface area contributed by atoms with Gasteiger partial charge in [-0.05, 0) is 0 Å². The van der Waals surface area contributed by atoms with Gasteiger partial charge in [-0.2, -0.15) is 0 Å². The molecule has 0 saturated carbocycles. The quantitative estimate of drug-likeness (QED) is 0.256. The van der Waals surface area contributed by atoms with Crippen LogP contribution in [0.5, 0.6) is 0 Å². The van der Waals surface area contributed by atoms with E-state index in [-0.39, 0.29) is 6.41 Å². The van der Waals surface area contributed by atoms with E-state index < -0.39 is 6.03 Å². The number of carbonyl (C=O) groups is 2. The first-order chi connectivity index (χ1) is 4.15. The van der Waals surface area contributed by atoms with E-state index in [9.17, 15) is 0 Å². The highest BCUT2D eigenvalue weighted by molar-refractivity contribution is 5.69. The molecule has 0 radical (unpaired) electrons. The zero-order valence-corrected chi connectivity index (χ0v) is 4.40. The number of urea groups is 1. The van der Waals surface area contributed by atoms with Crippen LogP contribution in [0.25, 0.3) is 0 Å². The summed E-state index contributed by atoms with van der Waals surface area (Å²) in [6, 6.07) is -0.833. The Labute approximate surface area is 50.5 Å². The van der Waals surface area contributed by atoms with Gasteiger partial charge in [-0.15, -0.1) is 4.99 Å². The third-order valence-corrected chi connectivity index (χ3v) is 0.105. The first kappa shape index (κ1) is 10.3. The molecule has 0 aromatic heterocycles. The summed E-state index contributed by atoms with van der Waals surface area (Å²) in [5.41, 5.74) is 8.50. The Morgan fingerprint density at radius 3 is 1.89 bits per heavy atom. The molecule has 0 spiro atoms. The Hall–Kier alpha value is -1.68. The van der Waals surface area contributed by atoms with Crippen molar-refractivity contribution in [1.29, 1.82) is 0 Å². The molecular formula is C3H5N3O3. The number of rotatable bonds is 1. The second-order valence-corrected chi connectivity index (χ2v) is 0.728. The number of isocyanates is 1. The maximum absolute atomic E-state index is 9.00. The third kappa shape index (κ3) is 1150. The number of hydrogen-bond acceptors (Lipinski definition) is 3. The van der Waals surface area contributed by atoms with Gasteiger partial charge in [0.05, 0.1) is 0 Å². The molecule has 0 fully saturated rings. The van der Waals surface area contributed by atoms with Crippen molar-refractivity contribution in [2.75, 3.05) is 0 Å². The molecule has 0 aliphatic rings. The van der Waals surface area contributed by atoms with Crippen molar-refractivity contribution in [2.45, 2.75) is 0 Å². The molecular weight excluding hydrogens is 126 g/mol. The van der Waals surface area contributed by atoms with Gasteiger partial charge in [0.25, 0.3) is 0 Å². The summed E-state index contributed by atoms with van der Waals surface area (Å²) in [6.07, 6.45) is 1.16. The van der Waals surface area contributed by atoms with Gasteiger partial charge in [0.1, 0.15) is 0 Å². The number of nitrogens with two attached hydrogens (primary N) is 2. The predicted octanol–water partition coefficient (Wildman–Crippen LogP) is -1.50. The number of amides is 3. The smallest absolute Gasteiger partial charge is 0.309 e. The second-order valence-electron chi connectivity index (χ2n) is 0.728. The first-order valence-electron chi connectivity index (χ1n) is 1.70. The average Bonchev–Trinajstić information content (AvgIpc) is 1.66. The Balaban J connectivity index is 0. The SMILES string of the molecule is NC(N)=O.O=C=NC=O. The van der Waals surface area contributed by atoms with Crippen molar-refractivity contribution in [2.24, 2.45) is 16.5 Å². The molecule has 0 aromatic rings. The fraction of sp³-hybridized carbons (Fsp3) is 0. The first-order valence-corrected chi connectivity index (χ1v) is 1.70. The number of carbonyl (C=O) groups excluding carboxylic acids is 3. The van der Waals surface area contributed by atoms with E-state index >= 15 is 0 Å². The number of hydrogen-bond donors (Lipinski definition) is 2. The van der Waals surface area contributed by atoms with Crippen LogP contribution in [0.1, 0.15) is 0 Å². The summed E-state index contributed by atoms with van der Waals surface area (Å²) in [7, 11) is 0. The Kier molecular flexibility index (Phi) is 11.0. The molecule has 0 unspecified atom stereocenters. The van der Waals surface area contributed by atoms with Gasteiger partial charge in [0, 0.05) is 0 Å². The molecule has 0 aliphatic heterocycles. The van der Waals surface area contributed by atoms with E-state index in [1.165, 1.54) is 0 Å². The lowest BCUT2D eigenvalue weighted by Crippen LogP contribution is -2.18. The minimum atomic E-state index is -0.833. The standard InChI is InChI=1S/C2HNO2.CH4N2O/c4-1-3-2-5;2-1(3)4/h1H;(H4,2,3,4). The molecule has 0 saturated heterocycles. The largest absolute Gasteiger partial charge is 0.352 e. The zero-order valence-electron chi connectivity index (χ0n) is 4.40. The molecule has 0 aromatic carbocycles. The summed E-state index contributed by atoms with van der Waals surface area (Å²) in [5.74, 6) is 0.